The highest BCUT2D eigenvalue weighted by Crippen LogP contribution is 2.18. The van der Waals surface area contributed by atoms with Crippen LogP contribution in [0.3, 0.4) is 0 Å². The summed E-state index contributed by atoms with van der Waals surface area (Å²) in [5.74, 6) is -0.474. The molecule has 0 saturated heterocycles. The molecule has 0 heterocycles. The molecule has 0 aromatic heterocycles. The number of amides is 1. The number of ether oxygens (including phenoxy) is 2. The van der Waals surface area contributed by atoms with Gasteiger partial charge in [0.1, 0.15) is 17.2 Å². The number of hydrogen-bond acceptors (Lipinski definition) is 5. The number of nitrogen functional groups attached to an aromatic ring is 1. The Labute approximate surface area is 150 Å². The first-order chi connectivity index (χ1) is 11.3. The van der Waals surface area contributed by atoms with Gasteiger partial charge in [0.05, 0.1) is 0 Å². The van der Waals surface area contributed by atoms with Crippen LogP contribution in [0.25, 0.3) is 0 Å². The predicted molar refractivity (Wildman–Crippen MR) is 98.2 cm³/mol. The molecule has 0 bridgehead atoms. The smallest absolute Gasteiger partial charge is 0.410 e. The molecule has 140 valence electrons. The number of esters is 1. The molecular formula is C19H30N2O4. The average molecular weight is 350 g/mol. The molecule has 1 rings (SSSR count). The maximum atomic E-state index is 12.6. The number of carbonyl (C=O) groups excluding carboxylic acids is 2. The Morgan fingerprint density at radius 3 is 1.92 bits per heavy atom. The molecule has 0 radical (unpaired) electrons. The fourth-order valence-corrected chi connectivity index (χ4v) is 2.09. The lowest BCUT2D eigenvalue weighted by molar-refractivity contribution is -0.160. The fourth-order valence-electron chi connectivity index (χ4n) is 2.09. The molecule has 6 nitrogen and oxygen atoms in total. The van der Waals surface area contributed by atoms with Crippen molar-refractivity contribution in [3.63, 3.8) is 0 Å². The monoisotopic (exact) mass is 350 g/mol. The molecule has 0 unspecified atom stereocenters. The SMILES string of the molecule is CN(C(=O)OC(C)(C)C)[C@H](Cc1ccc(N)cc1)C(=O)OC(C)(C)C. The minimum absolute atomic E-state index is 0.310. The Bertz CT molecular complexity index is 597. The van der Waals surface area contributed by atoms with Gasteiger partial charge in [0.15, 0.2) is 0 Å². The first kappa shape index (κ1) is 20.8. The Kier molecular flexibility index (Phi) is 6.46. The minimum Gasteiger partial charge on any atom is -0.458 e. The highest BCUT2D eigenvalue weighted by molar-refractivity contribution is 5.82. The Balaban J connectivity index is 3.02. The van der Waals surface area contributed by atoms with E-state index in [1.807, 2.05) is 12.1 Å². The van der Waals surface area contributed by atoms with Crippen molar-refractivity contribution in [2.45, 2.75) is 65.2 Å². The fraction of sp³-hybridized carbons (Fsp3) is 0.579. The largest absolute Gasteiger partial charge is 0.458 e. The average Bonchev–Trinajstić information content (AvgIpc) is 2.42. The summed E-state index contributed by atoms with van der Waals surface area (Å²) in [6.07, 6.45) is -0.260. The van der Waals surface area contributed by atoms with Gasteiger partial charge in [-0.2, -0.15) is 0 Å². The van der Waals surface area contributed by atoms with Gasteiger partial charge < -0.3 is 15.2 Å². The number of benzene rings is 1. The molecular weight excluding hydrogens is 320 g/mol. The number of nitrogens with two attached hydrogens (primary N) is 1. The second-order valence-corrected chi connectivity index (χ2v) is 8.09. The van der Waals surface area contributed by atoms with E-state index in [-0.39, 0.29) is 0 Å². The lowest BCUT2D eigenvalue weighted by atomic mass is 10.0. The van der Waals surface area contributed by atoms with Crippen molar-refractivity contribution in [3.05, 3.63) is 29.8 Å². The third kappa shape index (κ3) is 7.45. The highest BCUT2D eigenvalue weighted by Gasteiger charge is 2.33. The van der Waals surface area contributed by atoms with Crippen molar-refractivity contribution in [1.29, 1.82) is 0 Å². The van der Waals surface area contributed by atoms with Crippen LogP contribution < -0.4 is 5.73 Å². The van der Waals surface area contributed by atoms with E-state index in [0.29, 0.717) is 12.1 Å². The Morgan fingerprint density at radius 2 is 1.48 bits per heavy atom. The van der Waals surface area contributed by atoms with Crippen LogP contribution in [-0.2, 0) is 20.7 Å². The van der Waals surface area contributed by atoms with E-state index in [1.54, 1.807) is 60.7 Å². The molecule has 0 saturated carbocycles. The summed E-state index contributed by atoms with van der Waals surface area (Å²) in [6.45, 7) is 10.7. The molecule has 6 heteroatoms. The van der Waals surface area contributed by atoms with E-state index in [1.165, 1.54) is 4.90 Å². The Morgan fingerprint density at radius 1 is 1.00 bits per heavy atom. The summed E-state index contributed by atoms with van der Waals surface area (Å²) in [4.78, 5) is 26.3. The zero-order valence-corrected chi connectivity index (χ0v) is 16.3. The summed E-state index contributed by atoms with van der Waals surface area (Å²) in [5.41, 5.74) is 5.92. The topological polar surface area (TPSA) is 81.9 Å². The summed E-state index contributed by atoms with van der Waals surface area (Å²) in [5, 5.41) is 0. The van der Waals surface area contributed by atoms with Gasteiger partial charge in [0, 0.05) is 19.2 Å². The van der Waals surface area contributed by atoms with Gasteiger partial charge in [-0.25, -0.2) is 9.59 Å². The van der Waals surface area contributed by atoms with Crippen LogP contribution >= 0.6 is 0 Å². The zero-order chi connectivity index (χ0) is 19.4. The van der Waals surface area contributed by atoms with Gasteiger partial charge in [-0.15, -0.1) is 0 Å². The van der Waals surface area contributed by atoms with E-state index in [0.717, 1.165) is 5.56 Å². The maximum absolute atomic E-state index is 12.6. The normalized spacial score (nSPS) is 13.1. The van der Waals surface area contributed by atoms with Crippen molar-refractivity contribution in [3.8, 4) is 0 Å². The molecule has 1 amide bonds. The van der Waals surface area contributed by atoms with E-state index in [4.69, 9.17) is 15.2 Å². The van der Waals surface area contributed by atoms with Crippen LogP contribution in [0.15, 0.2) is 24.3 Å². The van der Waals surface area contributed by atoms with Gasteiger partial charge in [-0.1, -0.05) is 12.1 Å². The first-order valence-corrected chi connectivity index (χ1v) is 8.31. The van der Waals surface area contributed by atoms with Crippen molar-refractivity contribution in [2.75, 3.05) is 12.8 Å². The molecule has 0 aliphatic rings. The summed E-state index contributed by atoms with van der Waals surface area (Å²) < 4.78 is 10.9. The minimum atomic E-state index is -0.794. The second-order valence-electron chi connectivity index (χ2n) is 8.09. The number of nitrogens with zero attached hydrogens (tertiary/aromatic N) is 1. The molecule has 0 aliphatic heterocycles. The highest BCUT2D eigenvalue weighted by atomic mass is 16.6. The Hall–Kier alpha value is -2.24. The lowest BCUT2D eigenvalue weighted by Crippen LogP contribution is -2.48. The maximum Gasteiger partial charge on any atom is 0.410 e. The third-order valence-corrected chi connectivity index (χ3v) is 3.24. The standard InChI is InChI=1S/C19H30N2O4/c1-18(2,3)24-16(22)15(12-13-8-10-14(20)11-9-13)21(7)17(23)25-19(4,5)6/h8-11,15H,12,20H2,1-7H3/t15-/m1/s1. The lowest BCUT2D eigenvalue weighted by Gasteiger charge is -2.31. The van der Waals surface area contributed by atoms with Crippen molar-refractivity contribution < 1.29 is 19.1 Å². The van der Waals surface area contributed by atoms with E-state index >= 15 is 0 Å². The van der Waals surface area contributed by atoms with Gasteiger partial charge in [-0.05, 0) is 59.2 Å². The number of anilines is 1. The molecule has 1 aromatic carbocycles. The van der Waals surface area contributed by atoms with Crippen molar-refractivity contribution in [1.82, 2.24) is 4.90 Å². The van der Waals surface area contributed by atoms with Gasteiger partial charge in [-0.3, -0.25) is 4.90 Å². The molecule has 1 aromatic rings. The second kappa shape index (κ2) is 7.76. The molecule has 2 N–H and O–H groups in total. The van der Waals surface area contributed by atoms with Crippen LogP contribution in [0.1, 0.15) is 47.1 Å². The third-order valence-electron chi connectivity index (χ3n) is 3.24. The summed E-state index contributed by atoms with van der Waals surface area (Å²) >= 11 is 0. The first-order valence-electron chi connectivity index (χ1n) is 8.31. The summed E-state index contributed by atoms with van der Waals surface area (Å²) in [7, 11) is 1.54. The number of carbonyl (C=O) groups is 2. The van der Waals surface area contributed by atoms with Crippen LogP contribution in [0.2, 0.25) is 0 Å². The molecule has 25 heavy (non-hydrogen) atoms. The van der Waals surface area contributed by atoms with E-state index in [9.17, 15) is 9.59 Å². The van der Waals surface area contributed by atoms with E-state index < -0.39 is 29.3 Å². The number of rotatable bonds is 4. The van der Waals surface area contributed by atoms with Crippen molar-refractivity contribution in [2.24, 2.45) is 0 Å². The zero-order valence-electron chi connectivity index (χ0n) is 16.3. The quantitative estimate of drug-likeness (QED) is 0.665. The van der Waals surface area contributed by atoms with Crippen molar-refractivity contribution >= 4 is 17.7 Å². The number of hydrogen-bond donors (Lipinski definition) is 1. The molecule has 0 fully saturated rings. The van der Waals surface area contributed by atoms with Gasteiger partial charge >= 0.3 is 12.1 Å². The molecule has 1 atom stereocenters. The van der Waals surface area contributed by atoms with Crippen LogP contribution in [0.5, 0.6) is 0 Å². The van der Waals surface area contributed by atoms with Crippen LogP contribution in [0.4, 0.5) is 10.5 Å². The van der Waals surface area contributed by atoms with Gasteiger partial charge in [0.2, 0.25) is 0 Å². The summed E-state index contributed by atoms with van der Waals surface area (Å²) in [6, 6.07) is 6.38. The molecule has 0 spiro atoms. The van der Waals surface area contributed by atoms with Crippen LogP contribution in [-0.4, -0.2) is 41.3 Å². The van der Waals surface area contributed by atoms with E-state index in [2.05, 4.69) is 0 Å². The number of likely N-dealkylation sites (N-methyl/N-ethyl adjacent to an activating group) is 1. The molecule has 0 aliphatic carbocycles. The predicted octanol–water partition coefficient (Wildman–Crippen LogP) is 3.39. The van der Waals surface area contributed by atoms with Crippen LogP contribution in [0, 0.1) is 0 Å². The van der Waals surface area contributed by atoms with Gasteiger partial charge in [0.25, 0.3) is 0 Å².